The van der Waals surface area contributed by atoms with Crippen molar-refractivity contribution in [2.75, 3.05) is 23.7 Å². The number of hydrogen-bond acceptors (Lipinski definition) is 7. The van der Waals surface area contributed by atoms with Gasteiger partial charge in [-0.15, -0.1) is 0 Å². The second-order valence-corrected chi connectivity index (χ2v) is 10.9. The molecule has 2 amide bonds. The van der Waals surface area contributed by atoms with Crippen LogP contribution >= 0.6 is 0 Å². The predicted molar refractivity (Wildman–Crippen MR) is 139 cm³/mol. The van der Waals surface area contributed by atoms with E-state index in [1.807, 2.05) is 25.1 Å². The molecular weight excluding hydrogens is 442 g/mol. The molecule has 192 valence electrons. The summed E-state index contributed by atoms with van der Waals surface area (Å²) in [6.45, 7) is 5.44. The average molecular weight is 484 g/mol. The maximum absolute atomic E-state index is 12.4. The summed E-state index contributed by atoms with van der Waals surface area (Å²) < 4.78 is 2.26. The maximum atomic E-state index is 12.4. The molecule has 1 aliphatic heterocycles. The number of carbonyl (C=O) groups is 1. The number of imidazole rings is 1. The third-order valence-electron chi connectivity index (χ3n) is 7.78. The molecule has 3 fully saturated rings. The molecule has 0 spiro atoms. The molecule has 3 heterocycles. The summed E-state index contributed by atoms with van der Waals surface area (Å²) in [6, 6.07) is 1.54. The van der Waals surface area contributed by atoms with Gasteiger partial charge in [-0.05, 0) is 65.2 Å². The van der Waals surface area contributed by atoms with Crippen LogP contribution in [0.3, 0.4) is 0 Å². The third-order valence-corrected chi connectivity index (χ3v) is 7.78. The Labute approximate surface area is 207 Å². The zero-order chi connectivity index (χ0) is 24.4. The largest absolute Gasteiger partial charge is 0.365 e. The summed E-state index contributed by atoms with van der Waals surface area (Å²) in [6.07, 6.45) is 12.7. The van der Waals surface area contributed by atoms with Gasteiger partial charge in [0.15, 0.2) is 17.0 Å². The van der Waals surface area contributed by atoms with Crippen molar-refractivity contribution in [3.63, 3.8) is 0 Å². The van der Waals surface area contributed by atoms with Crippen molar-refractivity contribution in [3.05, 3.63) is 6.33 Å². The molecule has 0 radical (unpaired) electrons. The molecule has 0 aromatic carbocycles. The van der Waals surface area contributed by atoms with E-state index in [4.69, 9.17) is 20.7 Å². The van der Waals surface area contributed by atoms with Crippen LogP contribution in [0, 0.1) is 0 Å². The van der Waals surface area contributed by atoms with Gasteiger partial charge < -0.3 is 31.2 Å². The highest BCUT2D eigenvalue weighted by Gasteiger charge is 2.27. The summed E-state index contributed by atoms with van der Waals surface area (Å²) >= 11 is 0. The number of aromatic nitrogens is 4. The third kappa shape index (κ3) is 5.63. The van der Waals surface area contributed by atoms with Crippen LogP contribution in [-0.4, -0.2) is 67.7 Å². The number of hydrogen-bond donors (Lipinski definition) is 4. The number of urea groups is 1. The van der Waals surface area contributed by atoms with Crippen LogP contribution in [0.25, 0.3) is 11.2 Å². The zero-order valence-electron chi connectivity index (χ0n) is 21.2. The van der Waals surface area contributed by atoms with E-state index in [2.05, 4.69) is 20.5 Å². The van der Waals surface area contributed by atoms with Gasteiger partial charge in [-0.2, -0.15) is 9.97 Å². The number of rotatable bonds is 6. The van der Waals surface area contributed by atoms with Gasteiger partial charge in [-0.25, -0.2) is 9.78 Å². The minimum atomic E-state index is 0.0249. The molecule has 3 aliphatic rings. The molecule has 0 atom stereocenters. The van der Waals surface area contributed by atoms with Crippen molar-refractivity contribution in [1.29, 1.82) is 0 Å². The second kappa shape index (κ2) is 10.6. The molecule has 2 aromatic rings. The Morgan fingerprint density at radius 3 is 2.34 bits per heavy atom. The first-order chi connectivity index (χ1) is 17.0. The van der Waals surface area contributed by atoms with Gasteiger partial charge in [0.25, 0.3) is 0 Å². The number of carbonyl (C=O) groups excluding carboxylic acids is 1. The molecule has 2 aliphatic carbocycles. The lowest BCUT2D eigenvalue weighted by Gasteiger charge is -2.33. The fourth-order valence-corrected chi connectivity index (χ4v) is 5.74. The molecule has 10 heteroatoms. The molecular formula is C25H41N9O. The first-order valence-electron chi connectivity index (χ1n) is 13.5. The highest BCUT2D eigenvalue weighted by Crippen LogP contribution is 2.33. The SMILES string of the molecule is CC(C)NC(=O)N1CCC(Nc2nc(N[C@H]3CC[C@H](N)CC3)nc3c2ncn3C2CCCC2)CC1. The van der Waals surface area contributed by atoms with Crippen molar-refractivity contribution in [3.8, 4) is 0 Å². The van der Waals surface area contributed by atoms with E-state index in [-0.39, 0.29) is 18.1 Å². The minimum absolute atomic E-state index is 0.0249. The van der Waals surface area contributed by atoms with Crippen LogP contribution in [0.5, 0.6) is 0 Å². The molecule has 5 rings (SSSR count). The Kier molecular flexibility index (Phi) is 7.27. The summed E-state index contributed by atoms with van der Waals surface area (Å²) in [4.78, 5) is 28.9. The predicted octanol–water partition coefficient (Wildman–Crippen LogP) is 3.62. The van der Waals surface area contributed by atoms with E-state index in [9.17, 15) is 4.79 Å². The average Bonchev–Trinajstić information content (AvgIpc) is 3.51. The number of nitrogens with two attached hydrogens (primary N) is 1. The quantitative estimate of drug-likeness (QED) is 0.494. The van der Waals surface area contributed by atoms with Crippen molar-refractivity contribution >= 4 is 29.0 Å². The van der Waals surface area contributed by atoms with Gasteiger partial charge >= 0.3 is 6.03 Å². The van der Waals surface area contributed by atoms with Gasteiger partial charge in [0.2, 0.25) is 5.95 Å². The summed E-state index contributed by atoms with van der Waals surface area (Å²) in [5, 5.41) is 10.3. The first-order valence-corrected chi connectivity index (χ1v) is 13.5. The Hall–Kier alpha value is -2.62. The maximum Gasteiger partial charge on any atom is 0.317 e. The lowest BCUT2D eigenvalue weighted by atomic mass is 9.92. The van der Waals surface area contributed by atoms with E-state index in [1.54, 1.807) is 0 Å². The van der Waals surface area contributed by atoms with Crippen molar-refractivity contribution in [1.82, 2.24) is 29.7 Å². The summed E-state index contributed by atoms with van der Waals surface area (Å²) in [5.74, 6) is 1.47. The molecule has 1 saturated heterocycles. The number of piperidine rings is 1. The first kappa shape index (κ1) is 24.1. The van der Waals surface area contributed by atoms with Crippen molar-refractivity contribution in [2.24, 2.45) is 5.73 Å². The molecule has 2 aromatic heterocycles. The van der Waals surface area contributed by atoms with Crippen LogP contribution in [0.15, 0.2) is 6.33 Å². The molecule has 0 bridgehead atoms. The van der Waals surface area contributed by atoms with Crippen LogP contribution < -0.4 is 21.7 Å². The number of nitrogens with one attached hydrogen (secondary N) is 3. The van der Waals surface area contributed by atoms with Gasteiger partial charge in [0.05, 0.1) is 6.33 Å². The molecule has 35 heavy (non-hydrogen) atoms. The Balaban J connectivity index is 1.34. The fourth-order valence-electron chi connectivity index (χ4n) is 5.74. The Bertz CT molecular complexity index is 1000. The van der Waals surface area contributed by atoms with Crippen molar-refractivity contribution in [2.45, 2.75) is 108 Å². The number of fused-ring (bicyclic) bond motifs is 1. The topological polar surface area (TPSA) is 126 Å². The lowest BCUT2D eigenvalue weighted by molar-refractivity contribution is 0.181. The Morgan fingerprint density at radius 1 is 0.971 bits per heavy atom. The molecule has 0 unspecified atom stereocenters. The summed E-state index contributed by atoms with van der Waals surface area (Å²) in [5.41, 5.74) is 7.87. The van der Waals surface area contributed by atoms with Crippen LogP contribution in [0.1, 0.15) is 84.1 Å². The number of likely N-dealkylation sites (tertiary alicyclic amines) is 1. The summed E-state index contributed by atoms with van der Waals surface area (Å²) in [7, 11) is 0. The van der Waals surface area contributed by atoms with Crippen LogP contribution in [0.4, 0.5) is 16.6 Å². The van der Waals surface area contributed by atoms with Crippen LogP contribution in [-0.2, 0) is 0 Å². The van der Waals surface area contributed by atoms with E-state index in [0.29, 0.717) is 24.1 Å². The van der Waals surface area contributed by atoms with Crippen LogP contribution in [0.2, 0.25) is 0 Å². The van der Waals surface area contributed by atoms with Gasteiger partial charge in [-0.3, -0.25) is 0 Å². The smallest absolute Gasteiger partial charge is 0.317 e. The fraction of sp³-hybridized carbons (Fsp3) is 0.760. The van der Waals surface area contributed by atoms with E-state index >= 15 is 0 Å². The Morgan fingerprint density at radius 2 is 1.66 bits per heavy atom. The van der Waals surface area contributed by atoms with Gasteiger partial charge in [0, 0.05) is 43.3 Å². The highest BCUT2D eigenvalue weighted by atomic mass is 16.2. The standard InChI is InChI=1S/C25H41N9O/c1-16(2)28-25(35)33-13-11-19(12-14-33)29-22-21-23(34(15-27-21)20-5-3-4-6-20)32-24(31-22)30-18-9-7-17(26)8-10-18/h15-20H,3-14,26H2,1-2H3,(H,28,35)(H2,29,30,31,32)/t17-,18-. The van der Waals surface area contributed by atoms with Gasteiger partial charge in [0.1, 0.15) is 0 Å². The second-order valence-electron chi connectivity index (χ2n) is 10.9. The highest BCUT2D eigenvalue weighted by molar-refractivity contribution is 5.84. The van der Waals surface area contributed by atoms with Crippen molar-refractivity contribution < 1.29 is 4.79 Å². The number of amides is 2. The minimum Gasteiger partial charge on any atom is -0.365 e. The van der Waals surface area contributed by atoms with E-state index < -0.39 is 0 Å². The molecule has 2 saturated carbocycles. The monoisotopic (exact) mass is 483 g/mol. The van der Waals surface area contributed by atoms with E-state index in [0.717, 1.165) is 68.6 Å². The normalized spacial score (nSPS) is 24.3. The number of anilines is 2. The molecule has 5 N–H and O–H groups in total. The van der Waals surface area contributed by atoms with Gasteiger partial charge in [-0.1, -0.05) is 12.8 Å². The lowest BCUT2D eigenvalue weighted by Crippen LogP contribution is -2.48. The van der Waals surface area contributed by atoms with E-state index in [1.165, 1.54) is 25.7 Å². The molecule has 10 nitrogen and oxygen atoms in total. The number of nitrogens with zero attached hydrogens (tertiary/aromatic N) is 5. The zero-order valence-corrected chi connectivity index (χ0v) is 21.2.